The Morgan fingerprint density at radius 1 is 1.08 bits per heavy atom. The van der Waals surface area contributed by atoms with Crippen molar-refractivity contribution in [3.8, 4) is 11.8 Å². The number of nitrogens with zero attached hydrogens (tertiary/aromatic N) is 5. The molecular formula is C27H25ClN6O4S. The lowest BCUT2D eigenvalue weighted by Crippen LogP contribution is -2.31. The number of para-hydroxylation sites is 2. The molecule has 4 rings (SSSR count). The van der Waals surface area contributed by atoms with E-state index in [1.54, 1.807) is 60.7 Å². The number of halogens is 1. The molecule has 0 saturated heterocycles. The van der Waals surface area contributed by atoms with Crippen molar-refractivity contribution in [2.45, 2.75) is 13.3 Å². The zero-order valence-corrected chi connectivity index (χ0v) is 22.8. The summed E-state index contributed by atoms with van der Waals surface area (Å²) in [5.74, 6) is 0.336. The molecule has 0 aliphatic rings. The number of methoxy groups -OCH3 is 1. The Bertz CT molecular complexity index is 1630. The summed E-state index contributed by atoms with van der Waals surface area (Å²) in [5, 5.41) is 12.4. The van der Waals surface area contributed by atoms with Gasteiger partial charge in [0.15, 0.2) is 11.6 Å². The minimum Gasteiger partial charge on any atom is -0.497 e. The predicted molar refractivity (Wildman–Crippen MR) is 152 cm³/mol. The highest BCUT2D eigenvalue weighted by Gasteiger charge is 2.23. The van der Waals surface area contributed by atoms with E-state index in [0.717, 1.165) is 4.31 Å². The monoisotopic (exact) mass is 564 g/mol. The second-order valence-corrected chi connectivity index (χ2v) is 9.53. The molecule has 1 amide bonds. The van der Waals surface area contributed by atoms with Crippen LogP contribution in [0.25, 0.3) is 11.0 Å². The maximum atomic E-state index is 13.1. The number of anilines is 4. The van der Waals surface area contributed by atoms with Crippen LogP contribution in [0, 0.1) is 11.3 Å². The fraction of sp³-hybridized carbons (Fsp3) is 0.185. The van der Waals surface area contributed by atoms with Crippen molar-refractivity contribution in [3.63, 3.8) is 0 Å². The molecule has 0 bridgehead atoms. The predicted octanol–water partition coefficient (Wildman–Crippen LogP) is 5.08. The first-order valence-electron chi connectivity index (χ1n) is 11.9. The third-order valence-electron chi connectivity index (χ3n) is 5.84. The average Bonchev–Trinajstić information content (AvgIpc) is 2.94. The Morgan fingerprint density at radius 2 is 1.82 bits per heavy atom. The Morgan fingerprint density at radius 3 is 2.49 bits per heavy atom. The van der Waals surface area contributed by atoms with Gasteiger partial charge in [0, 0.05) is 24.7 Å². The van der Waals surface area contributed by atoms with Gasteiger partial charge < -0.3 is 15.0 Å². The van der Waals surface area contributed by atoms with Crippen LogP contribution in [-0.4, -0.2) is 49.4 Å². The molecule has 0 saturated carbocycles. The van der Waals surface area contributed by atoms with E-state index in [4.69, 9.17) is 21.6 Å². The minimum atomic E-state index is -3.27. The van der Waals surface area contributed by atoms with E-state index < -0.39 is 10.9 Å². The van der Waals surface area contributed by atoms with Crippen LogP contribution in [0.5, 0.6) is 5.75 Å². The van der Waals surface area contributed by atoms with Crippen molar-refractivity contribution in [1.29, 1.82) is 5.26 Å². The van der Waals surface area contributed by atoms with Crippen molar-refractivity contribution in [1.82, 2.24) is 14.9 Å². The Balaban J connectivity index is 1.84. The van der Waals surface area contributed by atoms with Gasteiger partial charge in [-0.05, 0) is 49.4 Å². The summed E-state index contributed by atoms with van der Waals surface area (Å²) in [6, 6.07) is 20.3. The van der Waals surface area contributed by atoms with E-state index in [9.17, 15) is 13.2 Å². The van der Waals surface area contributed by atoms with Gasteiger partial charge in [0.2, 0.25) is 10.9 Å². The molecule has 3 aromatic carbocycles. The van der Waals surface area contributed by atoms with Crippen LogP contribution in [-0.2, 0) is 10.9 Å². The first-order valence-corrected chi connectivity index (χ1v) is 13.4. The number of rotatable bonds is 10. The molecule has 10 nitrogen and oxygen atoms in total. The number of aromatic nitrogens is 2. The number of hydrogen-bond acceptors (Lipinski definition) is 8. The Labute approximate surface area is 232 Å². The van der Waals surface area contributed by atoms with Crippen molar-refractivity contribution >= 4 is 62.4 Å². The lowest BCUT2D eigenvalue weighted by molar-refractivity contribution is 0.0768. The number of carbonyl (C=O) groups is 1. The summed E-state index contributed by atoms with van der Waals surface area (Å²) in [4.78, 5) is 23.9. The largest absolute Gasteiger partial charge is 0.497 e. The Kier molecular flexibility index (Phi) is 8.81. The Hall–Kier alpha value is -4.40. The van der Waals surface area contributed by atoms with Crippen LogP contribution in [0.4, 0.5) is 23.0 Å². The highest BCUT2D eigenvalue weighted by atomic mass is 35.5. The van der Waals surface area contributed by atoms with Gasteiger partial charge in [0.1, 0.15) is 5.75 Å². The molecule has 0 atom stereocenters. The molecule has 0 unspecified atom stereocenters. The molecule has 200 valence electrons. The molecule has 0 fully saturated rings. The highest BCUT2D eigenvalue weighted by molar-refractivity contribution is 7.74. The maximum absolute atomic E-state index is 13.1. The molecule has 1 N–H and O–H groups in total. The lowest BCUT2D eigenvalue weighted by atomic mass is 10.1. The molecular weight excluding hydrogens is 540 g/mol. The minimum absolute atomic E-state index is 0.00914. The topological polar surface area (TPSA) is 129 Å². The van der Waals surface area contributed by atoms with Crippen molar-refractivity contribution < 1.29 is 17.9 Å². The van der Waals surface area contributed by atoms with E-state index in [-0.39, 0.29) is 41.8 Å². The third kappa shape index (κ3) is 6.19. The van der Waals surface area contributed by atoms with Crippen molar-refractivity contribution in [2.24, 2.45) is 0 Å². The number of hydrogen-bond donors (Lipinski definition) is 2. The van der Waals surface area contributed by atoms with Crippen LogP contribution in [0.15, 0.2) is 66.7 Å². The van der Waals surface area contributed by atoms with Gasteiger partial charge in [-0.3, -0.25) is 4.79 Å². The molecule has 1 aromatic heterocycles. The number of benzene rings is 3. The second kappa shape index (κ2) is 12.4. The standard InChI is InChI=1S/C27H25ClN6O4S/c1-3-33(15-7-14-29)27(35)18-8-6-9-19(16-18)34(39(36)37)26-25(30-22-10-4-5-11-23(22)32-26)31-24-17-20(38-2)12-13-21(24)28/h4-6,8-13,16-17,39H,3,7,15H2,1-2H3,(H,30,31). The van der Waals surface area contributed by atoms with E-state index in [2.05, 4.69) is 15.3 Å². The molecule has 0 aliphatic heterocycles. The lowest BCUT2D eigenvalue weighted by Gasteiger charge is -2.23. The number of fused-ring (bicyclic) bond motifs is 1. The van der Waals surface area contributed by atoms with Crippen LogP contribution < -0.4 is 14.4 Å². The number of thiol groups is 1. The van der Waals surface area contributed by atoms with Crippen LogP contribution in [0.2, 0.25) is 5.02 Å². The smallest absolute Gasteiger partial charge is 0.253 e. The van der Waals surface area contributed by atoms with E-state index in [1.807, 2.05) is 13.0 Å². The molecule has 1 heterocycles. The first kappa shape index (κ1) is 27.6. The summed E-state index contributed by atoms with van der Waals surface area (Å²) in [6.07, 6.45) is 0.187. The highest BCUT2D eigenvalue weighted by Crippen LogP contribution is 2.36. The van der Waals surface area contributed by atoms with Crippen LogP contribution in [0.1, 0.15) is 23.7 Å². The van der Waals surface area contributed by atoms with Gasteiger partial charge >= 0.3 is 0 Å². The SMILES string of the molecule is CCN(CCC#N)C(=O)c1cccc(N(c2nc3ccccc3nc2Nc2cc(OC)ccc2Cl)[SH](=O)=O)c1. The normalized spacial score (nSPS) is 10.7. The fourth-order valence-electron chi connectivity index (χ4n) is 3.91. The first-order chi connectivity index (χ1) is 18.9. The number of ether oxygens (including phenoxy) is 1. The molecule has 0 radical (unpaired) electrons. The molecule has 4 aromatic rings. The molecule has 0 spiro atoms. The third-order valence-corrected chi connectivity index (χ3v) is 6.92. The summed E-state index contributed by atoms with van der Waals surface area (Å²) < 4.78 is 31.7. The number of amides is 1. The number of nitriles is 1. The second-order valence-electron chi connectivity index (χ2n) is 8.25. The van der Waals surface area contributed by atoms with Crippen LogP contribution in [0.3, 0.4) is 0 Å². The van der Waals surface area contributed by atoms with E-state index >= 15 is 0 Å². The van der Waals surface area contributed by atoms with Gasteiger partial charge in [-0.25, -0.2) is 22.7 Å². The number of carbonyl (C=O) groups excluding carboxylic acids is 1. The summed E-state index contributed by atoms with van der Waals surface area (Å²) >= 11 is 6.41. The van der Waals surface area contributed by atoms with E-state index in [1.165, 1.54) is 18.1 Å². The fourth-order valence-corrected chi connectivity index (χ4v) is 4.68. The van der Waals surface area contributed by atoms with Gasteiger partial charge in [-0.1, -0.05) is 29.8 Å². The quantitative estimate of drug-likeness (QED) is 0.255. The number of nitrogens with one attached hydrogen (secondary N) is 1. The molecule has 39 heavy (non-hydrogen) atoms. The van der Waals surface area contributed by atoms with Gasteiger partial charge in [-0.2, -0.15) is 5.26 Å². The zero-order chi connectivity index (χ0) is 27.9. The summed E-state index contributed by atoms with van der Waals surface area (Å²) in [5.41, 5.74) is 1.90. The molecule has 0 aliphatic carbocycles. The zero-order valence-electron chi connectivity index (χ0n) is 21.2. The van der Waals surface area contributed by atoms with Crippen LogP contribution >= 0.6 is 11.6 Å². The van der Waals surface area contributed by atoms with Gasteiger partial charge in [0.25, 0.3) is 5.91 Å². The summed E-state index contributed by atoms with van der Waals surface area (Å²) in [6.45, 7) is 2.48. The average molecular weight is 565 g/mol. The molecule has 12 heteroatoms. The van der Waals surface area contributed by atoms with Crippen molar-refractivity contribution in [3.05, 3.63) is 77.3 Å². The van der Waals surface area contributed by atoms with Gasteiger partial charge in [0.05, 0.1) is 47.0 Å². The summed E-state index contributed by atoms with van der Waals surface area (Å²) in [7, 11) is -1.75. The maximum Gasteiger partial charge on any atom is 0.253 e. The van der Waals surface area contributed by atoms with Gasteiger partial charge in [-0.15, -0.1) is 0 Å². The van der Waals surface area contributed by atoms with E-state index in [0.29, 0.717) is 34.0 Å². The van der Waals surface area contributed by atoms with Crippen molar-refractivity contribution in [2.75, 3.05) is 29.8 Å².